The first-order valence-corrected chi connectivity index (χ1v) is 7.62. The minimum absolute atomic E-state index is 0.0425. The molecule has 6 nitrogen and oxygen atoms in total. The third-order valence-corrected chi connectivity index (χ3v) is 4.58. The van der Waals surface area contributed by atoms with Gasteiger partial charge in [-0.25, -0.2) is 4.79 Å². The van der Waals surface area contributed by atoms with E-state index in [4.69, 9.17) is 0 Å². The fourth-order valence-corrected chi connectivity index (χ4v) is 2.72. The van der Waals surface area contributed by atoms with Gasteiger partial charge in [-0.1, -0.05) is 6.07 Å². The van der Waals surface area contributed by atoms with Crippen molar-refractivity contribution in [2.45, 2.75) is 38.3 Å². The minimum Gasteiger partial charge on any atom is -0.480 e. The first-order valence-electron chi connectivity index (χ1n) is 6.74. The van der Waals surface area contributed by atoms with E-state index in [-0.39, 0.29) is 11.8 Å². The molecule has 2 amide bonds. The van der Waals surface area contributed by atoms with Crippen LogP contribution in [0.4, 0.5) is 0 Å². The second-order valence-electron chi connectivity index (χ2n) is 5.44. The molecule has 0 aliphatic heterocycles. The van der Waals surface area contributed by atoms with Crippen LogP contribution in [0, 0.1) is 5.92 Å². The zero-order valence-electron chi connectivity index (χ0n) is 11.9. The Hall–Kier alpha value is -1.89. The van der Waals surface area contributed by atoms with E-state index in [1.54, 1.807) is 17.5 Å². The van der Waals surface area contributed by atoms with Crippen LogP contribution < -0.4 is 10.6 Å². The molecule has 0 bridgehead atoms. The van der Waals surface area contributed by atoms with Gasteiger partial charge < -0.3 is 15.7 Å². The lowest BCUT2D eigenvalue weighted by atomic mass is 9.95. The average molecular weight is 310 g/mol. The molecule has 0 radical (unpaired) electrons. The van der Waals surface area contributed by atoms with E-state index in [9.17, 15) is 19.5 Å². The molecule has 2 unspecified atom stereocenters. The fourth-order valence-electron chi connectivity index (χ4n) is 2.10. The predicted molar refractivity (Wildman–Crippen MR) is 78.2 cm³/mol. The molecule has 21 heavy (non-hydrogen) atoms. The van der Waals surface area contributed by atoms with Gasteiger partial charge in [-0.15, -0.1) is 11.3 Å². The number of rotatable bonds is 6. The minimum atomic E-state index is -1.26. The zero-order chi connectivity index (χ0) is 15.6. The number of hydrogen-bond donors (Lipinski definition) is 3. The third-order valence-electron chi connectivity index (χ3n) is 3.71. The molecule has 1 heterocycles. The second-order valence-corrected chi connectivity index (χ2v) is 6.39. The summed E-state index contributed by atoms with van der Waals surface area (Å²) in [6.45, 7) is 3.05. The molecule has 1 aliphatic carbocycles. The largest absolute Gasteiger partial charge is 0.480 e. The molecular weight excluding hydrogens is 292 g/mol. The van der Waals surface area contributed by atoms with E-state index in [0.717, 1.165) is 12.8 Å². The van der Waals surface area contributed by atoms with Crippen molar-refractivity contribution in [2.75, 3.05) is 0 Å². The highest BCUT2D eigenvalue weighted by Crippen LogP contribution is 2.39. The Kier molecular flexibility index (Phi) is 4.32. The van der Waals surface area contributed by atoms with Crippen LogP contribution in [-0.4, -0.2) is 34.5 Å². The van der Waals surface area contributed by atoms with Crippen LogP contribution in [0.1, 0.15) is 36.4 Å². The van der Waals surface area contributed by atoms with Crippen molar-refractivity contribution in [3.63, 3.8) is 0 Å². The number of carbonyl (C=O) groups excluding carboxylic acids is 2. The van der Waals surface area contributed by atoms with Gasteiger partial charge in [-0.05, 0) is 44.1 Å². The second kappa shape index (κ2) is 5.85. The first-order chi connectivity index (χ1) is 9.84. The maximum atomic E-state index is 12.1. The number of carboxylic acids is 1. The van der Waals surface area contributed by atoms with E-state index in [1.165, 1.54) is 25.2 Å². The van der Waals surface area contributed by atoms with Gasteiger partial charge >= 0.3 is 5.97 Å². The Morgan fingerprint density at radius 1 is 1.43 bits per heavy atom. The van der Waals surface area contributed by atoms with Crippen molar-refractivity contribution in [3.05, 3.63) is 22.4 Å². The van der Waals surface area contributed by atoms with Gasteiger partial charge in [0.25, 0.3) is 5.91 Å². The third kappa shape index (κ3) is 3.41. The van der Waals surface area contributed by atoms with Crippen molar-refractivity contribution < 1.29 is 19.5 Å². The number of carboxylic acid groups (broad SMARTS) is 1. The van der Waals surface area contributed by atoms with Crippen LogP contribution in [0.2, 0.25) is 0 Å². The van der Waals surface area contributed by atoms with Crippen molar-refractivity contribution >= 4 is 29.1 Å². The highest BCUT2D eigenvalue weighted by Gasteiger charge is 2.49. The van der Waals surface area contributed by atoms with E-state index >= 15 is 0 Å². The summed E-state index contributed by atoms with van der Waals surface area (Å²) in [5, 5.41) is 16.2. The van der Waals surface area contributed by atoms with E-state index in [1.807, 2.05) is 0 Å². The molecule has 1 fully saturated rings. The van der Waals surface area contributed by atoms with Crippen LogP contribution in [-0.2, 0) is 9.59 Å². The SMILES string of the molecule is CC(NC(=O)c1cccs1)C(=O)NC(C)(C(=O)O)C1CC1. The van der Waals surface area contributed by atoms with Gasteiger partial charge in [0.15, 0.2) is 0 Å². The van der Waals surface area contributed by atoms with Crippen LogP contribution in [0.3, 0.4) is 0 Å². The molecule has 7 heteroatoms. The van der Waals surface area contributed by atoms with Gasteiger partial charge in [0, 0.05) is 0 Å². The lowest BCUT2D eigenvalue weighted by Crippen LogP contribution is -2.58. The molecule has 1 saturated carbocycles. The lowest BCUT2D eigenvalue weighted by Gasteiger charge is -2.27. The van der Waals surface area contributed by atoms with Gasteiger partial charge in [0.2, 0.25) is 5.91 Å². The number of carbonyl (C=O) groups is 3. The molecule has 0 saturated heterocycles. The van der Waals surface area contributed by atoms with Crippen molar-refractivity contribution in [1.29, 1.82) is 0 Å². The number of nitrogens with one attached hydrogen (secondary N) is 2. The Morgan fingerprint density at radius 2 is 2.10 bits per heavy atom. The molecule has 1 aliphatic rings. The topological polar surface area (TPSA) is 95.5 Å². The number of amides is 2. The molecule has 114 valence electrons. The van der Waals surface area contributed by atoms with Crippen LogP contribution in [0.25, 0.3) is 0 Å². The molecule has 0 aromatic carbocycles. The van der Waals surface area contributed by atoms with Crippen LogP contribution >= 0.6 is 11.3 Å². The highest BCUT2D eigenvalue weighted by molar-refractivity contribution is 7.12. The van der Waals surface area contributed by atoms with Crippen LogP contribution in [0.15, 0.2) is 17.5 Å². The molecule has 2 rings (SSSR count). The number of thiophene rings is 1. The van der Waals surface area contributed by atoms with Crippen LogP contribution in [0.5, 0.6) is 0 Å². The average Bonchev–Trinajstić information content (AvgIpc) is 3.13. The van der Waals surface area contributed by atoms with E-state index < -0.39 is 23.5 Å². The Balaban J connectivity index is 1.96. The standard InChI is InChI=1S/C14H18N2O4S/c1-8(15-12(18)10-4-3-7-21-10)11(17)16-14(2,13(19)20)9-5-6-9/h3-4,7-9H,5-6H2,1-2H3,(H,15,18)(H,16,17)(H,19,20). The maximum Gasteiger partial charge on any atom is 0.329 e. The number of hydrogen-bond acceptors (Lipinski definition) is 4. The maximum absolute atomic E-state index is 12.1. The quantitative estimate of drug-likeness (QED) is 0.736. The normalized spacial score (nSPS) is 18.4. The summed E-state index contributed by atoms with van der Waals surface area (Å²) in [4.78, 5) is 35.9. The van der Waals surface area contributed by atoms with E-state index in [0.29, 0.717) is 4.88 Å². The molecule has 2 atom stereocenters. The molecular formula is C14H18N2O4S. The summed E-state index contributed by atoms with van der Waals surface area (Å²) < 4.78 is 0. The smallest absolute Gasteiger partial charge is 0.329 e. The molecule has 3 N–H and O–H groups in total. The Bertz CT molecular complexity index is 553. The predicted octanol–water partition coefficient (Wildman–Crippen LogP) is 1.24. The number of aliphatic carboxylic acids is 1. The van der Waals surface area contributed by atoms with Gasteiger partial charge in [0.1, 0.15) is 11.6 Å². The molecule has 1 aromatic heterocycles. The summed E-state index contributed by atoms with van der Waals surface area (Å²) >= 11 is 1.28. The van der Waals surface area contributed by atoms with Gasteiger partial charge in [-0.3, -0.25) is 9.59 Å². The summed E-state index contributed by atoms with van der Waals surface area (Å²) in [6, 6.07) is 2.62. The molecule has 1 aromatic rings. The summed E-state index contributed by atoms with van der Waals surface area (Å²) in [5.41, 5.74) is -1.26. The monoisotopic (exact) mass is 310 g/mol. The first kappa shape index (κ1) is 15.5. The van der Waals surface area contributed by atoms with Gasteiger partial charge in [-0.2, -0.15) is 0 Å². The van der Waals surface area contributed by atoms with Crippen molar-refractivity contribution in [3.8, 4) is 0 Å². The molecule has 0 spiro atoms. The summed E-state index contributed by atoms with van der Waals surface area (Å²) in [5.74, 6) is -1.91. The Morgan fingerprint density at radius 3 is 2.57 bits per heavy atom. The highest BCUT2D eigenvalue weighted by atomic mass is 32.1. The van der Waals surface area contributed by atoms with Crippen molar-refractivity contribution in [1.82, 2.24) is 10.6 Å². The van der Waals surface area contributed by atoms with E-state index in [2.05, 4.69) is 10.6 Å². The van der Waals surface area contributed by atoms with Crippen molar-refractivity contribution in [2.24, 2.45) is 5.92 Å². The van der Waals surface area contributed by atoms with Gasteiger partial charge in [0.05, 0.1) is 4.88 Å². The zero-order valence-corrected chi connectivity index (χ0v) is 12.7. The fraction of sp³-hybridized carbons (Fsp3) is 0.500. The lowest BCUT2D eigenvalue weighted by molar-refractivity contribution is -0.148. The summed E-state index contributed by atoms with van der Waals surface area (Å²) in [6.07, 6.45) is 1.58. The Labute approximate surface area is 126 Å². The summed E-state index contributed by atoms with van der Waals surface area (Å²) in [7, 11) is 0.